The first-order valence-electron chi connectivity index (χ1n) is 12.5. The quantitative estimate of drug-likeness (QED) is 0.387. The van der Waals surface area contributed by atoms with Crippen LogP contribution in [0.5, 0.6) is 0 Å². The van der Waals surface area contributed by atoms with Crippen LogP contribution in [-0.4, -0.2) is 60.8 Å². The second kappa shape index (κ2) is 10.7. The van der Waals surface area contributed by atoms with Crippen molar-refractivity contribution in [3.63, 3.8) is 0 Å². The summed E-state index contributed by atoms with van der Waals surface area (Å²) < 4.78 is 43.3. The Bertz CT molecular complexity index is 1650. The number of nitrogens with one attached hydrogen (secondary N) is 1. The van der Waals surface area contributed by atoms with Crippen LogP contribution >= 0.6 is 0 Å². The summed E-state index contributed by atoms with van der Waals surface area (Å²) in [6.45, 7) is 5.68. The van der Waals surface area contributed by atoms with Crippen molar-refractivity contribution in [2.75, 3.05) is 24.2 Å². The standard InChI is InChI=1S/C28H28FN5O4S/c1-17-15-34(16-18(2)38-17)27-6-4-5-24(33-27)25-8-7-19-13-30-22(12-26(19)32-25)14-31-28(35)20-9-21(29)11-23(10-20)39(3,36)37/h4-13,17-18H,14-16H2,1-3H3,(H,31,35)/t17-,18+. The molecule has 0 aliphatic carbocycles. The highest BCUT2D eigenvalue weighted by molar-refractivity contribution is 7.90. The fourth-order valence-corrected chi connectivity index (χ4v) is 5.25. The van der Waals surface area contributed by atoms with E-state index in [-0.39, 0.29) is 29.2 Å². The molecule has 1 saturated heterocycles. The molecule has 39 heavy (non-hydrogen) atoms. The van der Waals surface area contributed by atoms with Crippen molar-refractivity contribution in [2.45, 2.75) is 37.5 Å². The Labute approximate surface area is 226 Å². The summed E-state index contributed by atoms with van der Waals surface area (Å²) >= 11 is 0. The molecule has 202 valence electrons. The van der Waals surface area contributed by atoms with Crippen LogP contribution in [0, 0.1) is 5.82 Å². The molecule has 11 heteroatoms. The van der Waals surface area contributed by atoms with E-state index in [9.17, 15) is 17.6 Å². The monoisotopic (exact) mass is 549 g/mol. The minimum Gasteiger partial charge on any atom is -0.372 e. The second-order valence-electron chi connectivity index (χ2n) is 9.74. The van der Waals surface area contributed by atoms with Gasteiger partial charge in [0, 0.05) is 36.5 Å². The number of nitrogens with zero attached hydrogens (tertiary/aromatic N) is 4. The lowest BCUT2D eigenvalue weighted by Crippen LogP contribution is -2.45. The Morgan fingerprint density at radius 1 is 1.05 bits per heavy atom. The van der Waals surface area contributed by atoms with Crippen LogP contribution in [-0.2, 0) is 21.1 Å². The van der Waals surface area contributed by atoms with E-state index in [0.717, 1.165) is 54.4 Å². The molecule has 1 aromatic carbocycles. The van der Waals surface area contributed by atoms with Crippen molar-refractivity contribution >= 4 is 32.5 Å². The number of amides is 1. The molecule has 2 atom stereocenters. The van der Waals surface area contributed by atoms with E-state index in [1.54, 1.807) is 12.3 Å². The number of anilines is 1. The molecule has 0 saturated carbocycles. The summed E-state index contributed by atoms with van der Waals surface area (Å²) in [5.41, 5.74) is 2.57. The number of morpholine rings is 1. The first-order chi connectivity index (χ1) is 18.5. The van der Waals surface area contributed by atoms with E-state index >= 15 is 0 Å². The zero-order valence-corrected chi connectivity index (χ0v) is 22.6. The average molecular weight is 550 g/mol. The first kappa shape index (κ1) is 26.6. The van der Waals surface area contributed by atoms with Gasteiger partial charge < -0.3 is 15.0 Å². The summed E-state index contributed by atoms with van der Waals surface area (Å²) in [4.78, 5) is 28.6. The van der Waals surface area contributed by atoms with E-state index in [1.807, 2.05) is 30.3 Å². The summed E-state index contributed by atoms with van der Waals surface area (Å²) in [6.07, 6.45) is 2.86. The molecule has 5 rings (SSSR count). The number of hydrogen-bond acceptors (Lipinski definition) is 8. The maximum absolute atomic E-state index is 13.9. The van der Waals surface area contributed by atoms with Crippen LogP contribution in [0.2, 0.25) is 0 Å². The van der Waals surface area contributed by atoms with Gasteiger partial charge in [0.05, 0.1) is 46.2 Å². The van der Waals surface area contributed by atoms with E-state index < -0.39 is 21.6 Å². The van der Waals surface area contributed by atoms with Crippen LogP contribution in [0.3, 0.4) is 0 Å². The molecule has 4 heterocycles. The molecule has 9 nitrogen and oxygen atoms in total. The van der Waals surface area contributed by atoms with E-state index in [4.69, 9.17) is 14.7 Å². The van der Waals surface area contributed by atoms with Gasteiger partial charge in [-0.3, -0.25) is 9.78 Å². The van der Waals surface area contributed by atoms with Gasteiger partial charge in [-0.05, 0) is 62.4 Å². The average Bonchev–Trinajstić information content (AvgIpc) is 2.90. The Kier molecular flexibility index (Phi) is 7.28. The highest BCUT2D eigenvalue weighted by Crippen LogP contribution is 2.24. The van der Waals surface area contributed by atoms with Gasteiger partial charge in [-0.1, -0.05) is 6.07 Å². The minimum atomic E-state index is -3.67. The third-order valence-corrected chi connectivity index (χ3v) is 7.45. The number of hydrogen-bond donors (Lipinski definition) is 1. The smallest absolute Gasteiger partial charge is 0.251 e. The lowest BCUT2D eigenvalue weighted by Gasteiger charge is -2.36. The SMILES string of the molecule is C[C@@H]1CN(c2cccc(-c3ccc4cnc(CNC(=O)c5cc(F)cc(S(C)(=O)=O)c5)cc4n3)n2)C[C@H](C)O1. The highest BCUT2D eigenvalue weighted by Gasteiger charge is 2.23. The number of benzene rings is 1. The number of halogens is 1. The molecule has 0 unspecified atom stereocenters. The summed E-state index contributed by atoms with van der Waals surface area (Å²) in [6, 6.07) is 14.5. The van der Waals surface area contributed by atoms with Crippen LogP contribution in [0.25, 0.3) is 22.3 Å². The molecule has 0 bridgehead atoms. The predicted octanol–water partition coefficient (Wildman–Crippen LogP) is 3.78. The number of fused-ring (bicyclic) bond motifs is 1. The van der Waals surface area contributed by atoms with Crippen molar-refractivity contribution in [3.05, 3.63) is 77.9 Å². The molecule has 1 amide bonds. The van der Waals surface area contributed by atoms with Crippen molar-refractivity contribution in [1.29, 1.82) is 0 Å². The lowest BCUT2D eigenvalue weighted by molar-refractivity contribution is -0.00545. The summed E-state index contributed by atoms with van der Waals surface area (Å²) in [7, 11) is -3.67. The predicted molar refractivity (Wildman–Crippen MR) is 146 cm³/mol. The number of sulfone groups is 1. The van der Waals surface area contributed by atoms with Gasteiger partial charge in [0.25, 0.3) is 5.91 Å². The van der Waals surface area contributed by atoms with Crippen molar-refractivity contribution in [3.8, 4) is 11.4 Å². The molecule has 1 N–H and O–H groups in total. The highest BCUT2D eigenvalue weighted by atomic mass is 32.2. The van der Waals surface area contributed by atoms with Gasteiger partial charge >= 0.3 is 0 Å². The van der Waals surface area contributed by atoms with Crippen molar-refractivity contribution < 1.29 is 22.3 Å². The topological polar surface area (TPSA) is 114 Å². The van der Waals surface area contributed by atoms with E-state index in [0.29, 0.717) is 16.9 Å². The maximum Gasteiger partial charge on any atom is 0.251 e. The van der Waals surface area contributed by atoms with Crippen LogP contribution in [0.1, 0.15) is 29.9 Å². The Morgan fingerprint density at radius 2 is 1.79 bits per heavy atom. The third-order valence-electron chi connectivity index (χ3n) is 6.36. The first-order valence-corrected chi connectivity index (χ1v) is 14.4. The van der Waals surface area contributed by atoms with Gasteiger partial charge in [0.1, 0.15) is 11.6 Å². The zero-order chi connectivity index (χ0) is 27.7. The third kappa shape index (κ3) is 6.21. The fraction of sp³-hybridized carbons (Fsp3) is 0.286. The van der Waals surface area contributed by atoms with Crippen LogP contribution in [0.4, 0.5) is 10.2 Å². The normalized spacial score (nSPS) is 17.8. The van der Waals surface area contributed by atoms with Crippen LogP contribution in [0.15, 0.2) is 65.7 Å². The zero-order valence-electron chi connectivity index (χ0n) is 21.8. The number of pyridine rings is 3. The molecule has 1 aliphatic heterocycles. The maximum atomic E-state index is 13.9. The molecular formula is C28H28FN5O4S. The summed E-state index contributed by atoms with van der Waals surface area (Å²) in [5.74, 6) is -0.555. The van der Waals surface area contributed by atoms with Gasteiger partial charge in [-0.15, -0.1) is 0 Å². The number of rotatable bonds is 6. The Balaban J connectivity index is 1.35. The van der Waals surface area contributed by atoms with Gasteiger partial charge in [-0.2, -0.15) is 0 Å². The van der Waals surface area contributed by atoms with Crippen molar-refractivity contribution in [2.24, 2.45) is 0 Å². The number of aromatic nitrogens is 3. The van der Waals surface area contributed by atoms with Gasteiger partial charge in [0.15, 0.2) is 9.84 Å². The largest absolute Gasteiger partial charge is 0.372 e. The molecule has 4 aromatic rings. The molecule has 0 spiro atoms. The Morgan fingerprint density at radius 3 is 2.54 bits per heavy atom. The van der Waals surface area contributed by atoms with Crippen LogP contribution < -0.4 is 10.2 Å². The number of carbonyl (C=O) groups is 1. The van der Waals surface area contributed by atoms with E-state index in [2.05, 4.69) is 29.0 Å². The lowest BCUT2D eigenvalue weighted by atomic mass is 10.1. The molecule has 1 fully saturated rings. The van der Waals surface area contributed by atoms with Crippen molar-refractivity contribution in [1.82, 2.24) is 20.3 Å². The molecular weight excluding hydrogens is 521 g/mol. The Hall–Kier alpha value is -3.96. The number of ether oxygens (including phenoxy) is 1. The fourth-order valence-electron chi connectivity index (χ4n) is 4.59. The van der Waals surface area contributed by atoms with Gasteiger partial charge in [0.2, 0.25) is 0 Å². The summed E-state index contributed by atoms with van der Waals surface area (Å²) in [5, 5.41) is 3.49. The van der Waals surface area contributed by atoms with Gasteiger partial charge in [-0.25, -0.2) is 22.8 Å². The second-order valence-corrected chi connectivity index (χ2v) is 11.8. The van der Waals surface area contributed by atoms with E-state index in [1.165, 1.54) is 0 Å². The number of carbonyl (C=O) groups excluding carboxylic acids is 1. The minimum absolute atomic E-state index is 0.0482. The molecule has 0 radical (unpaired) electrons. The molecule has 3 aromatic heterocycles. The molecule has 1 aliphatic rings.